The fraction of sp³-hybridized carbons (Fsp3) is 0.222. The molecule has 2 aromatic heterocycles. The summed E-state index contributed by atoms with van der Waals surface area (Å²) in [5.74, 6) is -1.65. The number of amides is 1. The first-order chi connectivity index (χ1) is 13.3. The summed E-state index contributed by atoms with van der Waals surface area (Å²) >= 11 is 0. The number of carbonyl (C=O) groups is 2. The van der Waals surface area contributed by atoms with Crippen LogP contribution < -0.4 is 10.1 Å². The van der Waals surface area contributed by atoms with Crippen LogP contribution in [0.5, 0.6) is 5.75 Å². The molecule has 2 heterocycles. The molecule has 0 atom stereocenters. The number of aromatic nitrogens is 4. The minimum atomic E-state index is -1.17. The van der Waals surface area contributed by atoms with E-state index in [2.05, 4.69) is 15.5 Å². The molecule has 10 heteroatoms. The zero-order chi connectivity index (χ0) is 20.3. The van der Waals surface area contributed by atoms with Crippen LogP contribution in [0.25, 0.3) is 0 Å². The summed E-state index contributed by atoms with van der Waals surface area (Å²) < 4.78 is 21.4. The van der Waals surface area contributed by atoms with E-state index in [1.165, 1.54) is 35.1 Å². The lowest BCUT2D eigenvalue weighted by Gasteiger charge is -2.09. The maximum absolute atomic E-state index is 13.2. The van der Waals surface area contributed by atoms with Crippen molar-refractivity contribution in [2.45, 2.75) is 27.1 Å². The Hall–Kier alpha value is -3.69. The normalized spacial score (nSPS) is 10.7. The number of rotatable bonds is 7. The minimum absolute atomic E-state index is 0.0360. The molecule has 0 aliphatic heterocycles. The Morgan fingerprint density at radius 2 is 2.04 bits per heavy atom. The molecule has 2 N–H and O–H groups in total. The van der Waals surface area contributed by atoms with Gasteiger partial charge in [0.1, 0.15) is 23.8 Å². The number of carbonyl (C=O) groups excluding carboxylic acids is 1. The Bertz CT molecular complexity index is 1030. The van der Waals surface area contributed by atoms with Gasteiger partial charge < -0.3 is 15.2 Å². The molecule has 0 saturated heterocycles. The summed E-state index contributed by atoms with van der Waals surface area (Å²) in [5.41, 5.74) is 1.62. The first kappa shape index (κ1) is 19.1. The van der Waals surface area contributed by atoms with Crippen molar-refractivity contribution in [1.82, 2.24) is 19.6 Å². The molecule has 0 unspecified atom stereocenters. The monoisotopic (exact) mass is 387 g/mol. The Morgan fingerprint density at radius 1 is 1.25 bits per heavy atom. The second-order valence-electron chi connectivity index (χ2n) is 6.00. The maximum Gasteiger partial charge on any atom is 0.354 e. The third-order valence-corrected chi connectivity index (χ3v) is 4.02. The fourth-order valence-electron chi connectivity index (χ4n) is 2.65. The summed E-state index contributed by atoms with van der Waals surface area (Å²) in [6.07, 6.45) is 1.31. The van der Waals surface area contributed by atoms with Gasteiger partial charge in [-0.2, -0.15) is 10.2 Å². The predicted molar refractivity (Wildman–Crippen MR) is 96.5 cm³/mol. The Kier molecular flexibility index (Phi) is 5.39. The van der Waals surface area contributed by atoms with Crippen molar-refractivity contribution < 1.29 is 23.8 Å². The summed E-state index contributed by atoms with van der Waals surface area (Å²) in [6, 6.07) is 7.06. The van der Waals surface area contributed by atoms with Crippen LogP contribution in [0.1, 0.15) is 21.9 Å². The van der Waals surface area contributed by atoms with Gasteiger partial charge in [0, 0.05) is 12.3 Å². The number of hydrogen-bond donors (Lipinski definition) is 2. The summed E-state index contributed by atoms with van der Waals surface area (Å²) in [4.78, 5) is 23.4. The first-order valence-electron chi connectivity index (χ1n) is 8.32. The molecule has 0 fully saturated rings. The Balaban J connectivity index is 1.68. The number of nitrogens with one attached hydrogen (secondary N) is 1. The number of hydrogen-bond acceptors (Lipinski definition) is 5. The topological polar surface area (TPSA) is 111 Å². The van der Waals surface area contributed by atoms with E-state index < -0.39 is 17.7 Å². The van der Waals surface area contributed by atoms with Crippen molar-refractivity contribution in [3.8, 4) is 5.75 Å². The highest BCUT2D eigenvalue weighted by molar-refractivity contribution is 5.92. The van der Waals surface area contributed by atoms with Gasteiger partial charge in [-0.25, -0.2) is 18.5 Å². The van der Waals surface area contributed by atoms with Crippen LogP contribution in [-0.2, 0) is 18.1 Å². The van der Waals surface area contributed by atoms with Gasteiger partial charge in [0.25, 0.3) is 0 Å². The van der Waals surface area contributed by atoms with Crippen molar-refractivity contribution in [2.75, 3.05) is 5.32 Å². The van der Waals surface area contributed by atoms with Crippen LogP contribution >= 0.6 is 0 Å². The molecule has 1 aromatic carbocycles. The van der Waals surface area contributed by atoms with Gasteiger partial charge in [0.15, 0.2) is 6.73 Å². The average Bonchev–Trinajstić information content (AvgIpc) is 3.20. The number of aryl methyl sites for hydroxylation is 1. The molecule has 0 radical (unpaired) electrons. The zero-order valence-electron chi connectivity index (χ0n) is 15.2. The molecule has 3 rings (SSSR count). The van der Waals surface area contributed by atoms with Crippen molar-refractivity contribution in [3.63, 3.8) is 0 Å². The lowest BCUT2D eigenvalue weighted by Crippen LogP contribution is -2.22. The standard InChI is InChI=1S/C18H18FN5O4/c1-11-17(21-16(25)9-23-15(18(26)27)6-7-20-23)12(2)24(22-11)10-28-14-5-3-4-13(19)8-14/h3-8H,9-10H2,1-2H3,(H,21,25)(H,26,27). The molecule has 1 amide bonds. The van der Waals surface area contributed by atoms with E-state index in [1.807, 2.05) is 0 Å². The molecular formula is C18H18FN5O4. The van der Waals surface area contributed by atoms with Crippen LogP contribution in [0.2, 0.25) is 0 Å². The highest BCUT2D eigenvalue weighted by Gasteiger charge is 2.17. The van der Waals surface area contributed by atoms with Gasteiger partial charge in [-0.15, -0.1) is 0 Å². The molecule has 0 aliphatic rings. The van der Waals surface area contributed by atoms with Crippen molar-refractivity contribution >= 4 is 17.6 Å². The average molecular weight is 387 g/mol. The van der Waals surface area contributed by atoms with Crippen LogP contribution in [0, 0.1) is 19.7 Å². The summed E-state index contributed by atoms with van der Waals surface area (Å²) in [6.45, 7) is 3.26. The first-order valence-corrected chi connectivity index (χ1v) is 8.32. The highest BCUT2D eigenvalue weighted by atomic mass is 19.1. The summed E-state index contributed by atoms with van der Waals surface area (Å²) in [7, 11) is 0. The molecule has 0 aliphatic carbocycles. The fourth-order valence-corrected chi connectivity index (χ4v) is 2.65. The number of carboxylic acid groups (broad SMARTS) is 1. The molecule has 0 bridgehead atoms. The molecule has 28 heavy (non-hydrogen) atoms. The predicted octanol–water partition coefficient (Wildman–Crippen LogP) is 2.21. The molecule has 9 nitrogen and oxygen atoms in total. The quantitative estimate of drug-likeness (QED) is 0.643. The van der Waals surface area contributed by atoms with E-state index in [-0.39, 0.29) is 19.0 Å². The number of nitrogens with zero attached hydrogens (tertiary/aromatic N) is 4. The van der Waals surface area contributed by atoms with E-state index in [1.54, 1.807) is 19.9 Å². The molecular weight excluding hydrogens is 369 g/mol. The SMILES string of the molecule is Cc1nn(COc2cccc(F)c2)c(C)c1NC(=O)Cn1nccc1C(=O)O. The van der Waals surface area contributed by atoms with Gasteiger partial charge in [-0.05, 0) is 32.0 Å². The molecule has 0 spiro atoms. The smallest absolute Gasteiger partial charge is 0.354 e. The summed E-state index contributed by atoms with van der Waals surface area (Å²) in [5, 5.41) is 19.9. The minimum Gasteiger partial charge on any atom is -0.477 e. The molecule has 3 aromatic rings. The molecule has 0 saturated carbocycles. The largest absolute Gasteiger partial charge is 0.477 e. The number of anilines is 1. The number of ether oxygens (including phenoxy) is 1. The lowest BCUT2D eigenvalue weighted by atomic mass is 10.3. The van der Waals surface area contributed by atoms with Gasteiger partial charge in [0.05, 0.1) is 17.1 Å². The number of benzene rings is 1. The van der Waals surface area contributed by atoms with Crippen molar-refractivity contribution in [1.29, 1.82) is 0 Å². The second kappa shape index (κ2) is 7.91. The van der Waals surface area contributed by atoms with E-state index in [4.69, 9.17) is 9.84 Å². The van der Waals surface area contributed by atoms with E-state index in [9.17, 15) is 14.0 Å². The van der Waals surface area contributed by atoms with Gasteiger partial charge >= 0.3 is 5.97 Å². The van der Waals surface area contributed by atoms with Crippen molar-refractivity contribution in [3.05, 3.63) is 59.4 Å². The van der Waals surface area contributed by atoms with E-state index >= 15 is 0 Å². The van der Waals surface area contributed by atoms with Gasteiger partial charge in [-0.3, -0.25) is 4.79 Å². The Morgan fingerprint density at radius 3 is 2.75 bits per heavy atom. The van der Waals surface area contributed by atoms with Crippen LogP contribution in [-0.4, -0.2) is 36.5 Å². The van der Waals surface area contributed by atoms with Crippen LogP contribution in [0.15, 0.2) is 36.5 Å². The second-order valence-corrected chi connectivity index (χ2v) is 6.00. The maximum atomic E-state index is 13.2. The van der Waals surface area contributed by atoms with Crippen molar-refractivity contribution in [2.24, 2.45) is 0 Å². The lowest BCUT2D eigenvalue weighted by molar-refractivity contribution is -0.116. The van der Waals surface area contributed by atoms with Crippen LogP contribution in [0.3, 0.4) is 0 Å². The third kappa shape index (κ3) is 4.17. The number of carboxylic acids is 1. The third-order valence-electron chi connectivity index (χ3n) is 4.02. The van der Waals surface area contributed by atoms with E-state index in [0.717, 1.165) is 4.68 Å². The molecule has 146 valence electrons. The van der Waals surface area contributed by atoms with Crippen LogP contribution in [0.4, 0.5) is 10.1 Å². The number of halogens is 1. The van der Waals surface area contributed by atoms with E-state index in [0.29, 0.717) is 22.8 Å². The van der Waals surface area contributed by atoms with Gasteiger partial charge in [-0.1, -0.05) is 6.07 Å². The zero-order valence-corrected chi connectivity index (χ0v) is 15.2. The highest BCUT2D eigenvalue weighted by Crippen LogP contribution is 2.20. The van der Waals surface area contributed by atoms with Gasteiger partial charge in [0.2, 0.25) is 5.91 Å². The number of aromatic carboxylic acids is 1. The Labute approximate surface area is 159 Å².